The molecule has 2 aliphatic rings. The van der Waals surface area contributed by atoms with Crippen molar-refractivity contribution in [2.24, 2.45) is 0 Å². The zero-order valence-corrected chi connectivity index (χ0v) is 18.7. The molecule has 0 saturated carbocycles. The monoisotopic (exact) mass is 444 g/mol. The second-order valence-corrected chi connectivity index (χ2v) is 9.85. The summed E-state index contributed by atoms with van der Waals surface area (Å²) in [6, 6.07) is 9.85. The Morgan fingerprint density at radius 2 is 1.71 bits per heavy atom. The smallest absolute Gasteiger partial charge is 0.267 e. The minimum Gasteiger partial charge on any atom is -0.485 e. The number of anilines is 1. The summed E-state index contributed by atoms with van der Waals surface area (Å²) in [5.41, 5.74) is 2.59. The van der Waals surface area contributed by atoms with Crippen LogP contribution in [0.15, 0.2) is 41.3 Å². The highest BCUT2D eigenvalue weighted by Crippen LogP contribution is 2.35. The molecule has 7 nitrogen and oxygen atoms in total. The van der Waals surface area contributed by atoms with Crippen LogP contribution in [0.4, 0.5) is 5.69 Å². The predicted molar refractivity (Wildman–Crippen MR) is 118 cm³/mol. The van der Waals surface area contributed by atoms with E-state index in [9.17, 15) is 13.2 Å². The molecule has 2 aromatic rings. The van der Waals surface area contributed by atoms with Crippen LogP contribution in [0.25, 0.3) is 0 Å². The number of aryl methyl sites for hydroxylation is 2. The summed E-state index contributed by atoms with van der Waals surface area (Å²) in [6.45, 7) is 5.45. The van der Waals surface area contributed by atoms with Gasteiger partial charge in [-0.2, -0.15) is 0 Å². The molecule has 1 atom stereocenters. The third-order valence-electron chi connectivity index (χ3n) is 5.84. The normalized spacial score (nSPS) is 18.9. The first kappa shape index (κ1) is 21.5. The number of benzene rings is 2. The van der Waals surface area contributed by atoms with Crippen LogP contribution in [-0.2, 0) is 14.8 Å². The van der Waals surface area contributed by atoms with E-state index >= 15 is 0 Å². The molecule has 0 spiro atoms. The lowest BCUT2D eigenvalue weighted by Crippen LogP contribution is -2.46. The Morgan fingerprint density at radius 3 is 2.42 bits per heavy atom. The molecule has 2 aliphatic heterocycles. The molecule has 1 amide bonds. The highest BCUT2D eigenvalue weighted by molar-refractivity contribution is 7.92. The fourth-order valence-electron chi connectivity index (χ4n) is 3.85. The van der Waals surface area contributed by atoms with E-state index in [4.69, 9.17) is 9.47 Å². The van der Waals surface area contributed by atoms with E-state index in [0.717, 1.165) is 49.9 Å². The van der Waals surface area contributed by atoms with Gasteiger partial charge in [0, 0.05) is 24.8 Å². The van der Waals surface area contributed by atoms with Crippen molar-refractivity contribution < 1.29 is 22.7 Å². The highest BCUT2D eigenvalue weighted by Gasteiger charge is 2.32. The summed E-state index contributed by atoms with van der Waals surface area (Å²) in [6.07, 6.45) is 3.58. The summed E-state index contributed by atoms with van der Waals surface area (Å²) in [7, 11) is -3.79. The van der Waals surface area contributed by atoms with Crippen LogP contribution in [0.1, 0.15) is 36.8 Å². The van der Waals surface area contributed by atoms with Gasteiger partial charge in [0.1, 0.15) is 6.61 Å². The molecule has 2 aromatic carbocycles. The molecule has 31 heavy (non-hydrogen) atoms. The summed E-state index contributed by atoms with van der Waals surface area (Å²) in [5, 5.41) is 0. The van der Waals surface area contributed by atoms with Crippen molar-refractivity contribution >= 4 is 21.6 Å². The molecule has 0 bridgehead atoms. The van der Waals surface area contributed by atoms with Gasteiger partial charge in [0.05, 0.1) is 4.90 Å². The molecule has 1 fully saturated rings. The van der Waals surface area contributed by atoms with Gasteiger partial charge in [-0.15, -0.1) is 0 Å². The maximum Gasteiger partial charge on any atom is 0.267 e. The molecule has 1 saturated heterocycles. The van der Waals surface area contributed by atoms with Crippen molar-refractivity contribution in [3.05, 3.63) is 47.5 Å². The Balaban J connectivity index is 1.48. The van der Waals surface area contributed by atoms with Crippen molar-refractivity contribution in [2.75, 3.05) is 24.4 Å². The number of fused-ring (bicyclic) bond motifs is 1. The Kier molecular flexibility index (Phi) is 6.09. The van der Waals surface area contributed by atoms with Crippen LogP contribution in [0.3, 0.4) is 0 Å². The van der Waals surface area contributed by atoms with E-state index in [0.29, 0.717) is 17.2 Å². The quantitative estimate of drug-likeness (QED) is 0.778. The third-order valence-corrected chi connectivity index (χ3v) is 7.22. The number of likely N-dealkylation sites (tertiary alicyclic amines) is 1. The van der Waals surface area contributed by atoms with Crippen molar-refractivity contribution in [1.82, 2.24) is 4.90 Å². The number of ether oxygens (including phenoxy) is 2. The van der Waals surface area contributed by atoms with Crippen molar-refractivity contribution in [2.45, 2.75) is 50.5 Å². The first-order chi connectivity index (χ1) is 14.8. The number of carbonyl (C=O) groups is 1. The number of amides is 1. The zero-order valence-electron chi connectivity index (χ0n) is 17.9. The Hall–Kier alpha value is -2.74. The van der Waals surface area contributed by atoms with Gasteiger partial charge in [0.15, 0.2) is 11.5 Å². The maximum atomic E-state index is 12.8. The molecule has 4 rings (SSSR count). The second-order valence-electron chi connectivity index (χ2n) is 8.17. The van der Waals surface area contributed by atoms with E-state index in [1.807, 2.05) is 24.8 Å². The number of rotatable bonds is 4. The molecule has 1 N–H and O–H groups in total. The minimum absolute atomic E-state index is 0.0659. The third kappa shape index (κ3) is 4.79. The van der Waals surface area contributed by atoms with Crippen LogP contribution in [0.2, 0.25) is 0 Å². The van der Waals surface area contributed by atoms with Crippen LogP contribution in [0, 0.1) is 13.8 Å². The standard InChI is InChI=1S/C23H28N2O5S/c1-16-7-8-18(13-17(16)2)24-31(27,28)19-9-10-20-21(14-19)29-15-22(30-20)23(26)25-11-5-3-4-6-12-25/h7-10,13-14,22,24H,3-6,11-12,15H2,1-2H3/t22-/m1/s1. The van der Waals surface area contributed by atoms with Gasteiger partial charge in [-0.3, -0.25) is 9.52 Å². The summed E-state index contributed by atoms with van der Waals surface area (Å²) >= 11 is 0. The van der Waals surface area contributed by atoms with Crippen LogP contribution in [-0.4, -0.2) is 45.0 Å². The van der Waals surface area contributed by atoms with Gasteiger partial charge in [0.2, 0.25) is 6.10 Å². The predicted octanol–water partition coefficient (Wildman–Crippen LogP) is 3.65. The van der Waals surface area contributed by atoms with Gasteiger partial charge in [-0.25, -0.2) is 8.42 Å². The minimum atomic E-state index is -3.79. The molecule has 0 aliphatic carbocycles. The van der Waals surface area contributed by atoms with Gasteiger partial charge in [-0.05, 0) is 62.1 Å². The summed E-state index contributed by atoms with van der Waals surface area (Å²) < 4.78 is 39.9. The number of nitrogens with one attached hydrogen (secondary N) is 1. The van der Waals surface area contributed by atoms with Crippen molar-refractivity contribution in [3.8, 4) is 11.5 Å². The topological polar surface area (TPSA) is 84.9 Å². The fourth-order valence-corrected chi connectivity index (χ4v) is 4.92. The number of hydrogen-bond donors (Lipinski definition) is 1. The van der Waals surface area contributed by atoms with E-state index in [1.165, 1.54) is 12.1 Å². The fraction of sp³-hybridized carbons (Fsp3) is 0.435. The Morgan fingerprint density at radius 1 is 0.968 bits per heavy atom. The van der Waals surface area contributed by atoms with Crippen LogP contribution < -0.4 is 14.2 Å². The average Bonchev–Trinajstić information content (AvgIpc) is 3.04. The maximum absolute atomic E-state index is 12.8. The Labute approximate surface area is 183 Å². The summed E-state index contributed by atoms with van der Waals surface area (Å²) in [5.74, 6) is 0.632. The van der Waals surface area contributed by atoms with Gasteiger partial charge >= 0.3 is 0 Å². The van der Waals surface area contributed by atoms with Crippen molar-refractivity contribution in [3.63, 3.8) is 0 Å². The van der Waals surface area contributed by atoms with Crippen LogP contribution >= 0.6 is 0 Å². The van der Waals surface area contributed by atoms with Gasteiger partial charge in [-0.1, -0.05) is 18.9 Å². The van der Waals surface area contributed by atoms with E-state index in [-0.39, 0.29) is 17.4 Å². The average molecular weight is 445 g/mol. The zero-order chi connectivity index (χ0) is 22.0. The molecule has 8 heteroatoms. The highest BCUT2D eigenvalue weighted by atomic mass is 32.2. The SMILES string of the molecule is Cc1ccc(NS(=O)(=O)c2ccc3c(c2)OC[C@H](C(=O)N2CCCCCC2)O3)cc1C. The molecule has 0 unspecified atom stereocenters. The van der Waals surface area contributed by atoms with Gasteiger partial charge < -0.3 is 14.4 Å². The van der Waals surface area contributed by atoms with E-state index in [2.05, 4.69) is 4.72 Å². The Bertz CT molecular complexity index is 1080. The van der Waals surface area contributed by atoms with Gasteiger partial charge in [0.25, 0.3) is 15.9 Å². The molecular formula is C23H28N2O5S. The van der Waals surface area contributed by atoms with Crippen LogP contribution in [0.5, 0.6) is 11.5 Å². The number of carbonyl (C=O) groups excluding carboxylic acids is 1. The lowest BCUT2D eigenvalue weighted by Gasteiger charge is -2.30. The second kappa shape index (κ2) is 8.78. The first-order valence-corrected chi connectivity index (χ1v) is 12.1. The molecule has 0 radical (unpaired) electrons. The summed E-state index contributed by atoms with van der Waals surface area (Å²) in [4.78, 5) is 14.7. The number of sulfonamides is 1. The molecule has 0 aromatic heterocycles. The number of hydrogen-bond acceptors (Lipinski definition) is 5. The van der Waals surface area contributed by atoms with E-state index < -0.39 is 16.1 Å². The van der Waals surface area contributed by atoms with E-state index in [1.54, 1.807) is 18.2 Å². The molecule has 2 heterocycles. The lowest BCUT2D eigenvalue weighted by atomic mass is 10.1. The molecular weight excluding hydrogens is 416 g/mol. The van der Waals surface area contributed by atoms with Crippen molar-refractivity contribution in [1.29, 1.82) is 0 Å². The lowest BCUT2D eigenvalue weighted by molar-refractivity contribution is -0.141. The number of nitrogens with zero attached hydrogens (tertiary/aromatic N) is 1. The largest absolute Gasteiger partial charge is 0.485 e. The molecule has 166 valence electrons. The first-order valence-electron chi connectivity index (χ1n) is 10.7.